The molecule has 11 rings (SSSR count). The first-order valence-electron chi connectivity index (χ1n) is 18.3. The van der Waals surface area contributed by atoms with Crippen molar-refractivity contribution in [3.8, 4) is 22.3 Å². The van der Waals surface area contributed by atoms with Gasteiger partial charge in [0.2, 0.25) is 0 Å². The van der Waals surface area contributed by atoms with Crippen molar-refractivity contribution in [1.29, 1.82) is 0 Å². The standard InChI is InChI=1S/C50H37NO/c1-49(2)43-27-34(21-24-37(43)40-29-46-41(28-44(40)49)38-16-10-11-17-45(38)52-46)51(32-13-6-5-7-14-32)33-20-23-36-31(26-33)18-22-39-47-35-15-9-8-12-30(35)19-25-42(47)50(3,4)48(36)39/h5-29H,1-4H3. The summed E-state index contributed by atoms with van der Waals surface area (Å²) in [6, 6.07) is 56.0. The minimum atomic E-state index is -0.176. The Morgan fingerprint density at radius 1 is 0.404 bits per heavy atom. The number of furan rings is 1. The Morgan fingerprint density at radius 3 is 1.96 bits per heavy atom. The number of hydrogen-bond acceptors (Lipinski definition) is 2. The Hall–Kier alpha value is -6.12. The molecule has 0 radical (unpaired) electrons. The van der Waals surface area contributed by atoms with Gasteiger partial charge in [-0.15, -0.1) is 0 Å². The summed E-state index contributed by atoms with van der Waals surface area (Å²) in [4.78, 5) is 2.42. The van der Waals surface area contributed by atoms with Gasteiger partial charge in [-0.2, -0.15) is 0 Å². The molecule has 0 spiro atoms. The third kappa shape index (κ3) is 3.90. The Bertz CT molecular complexity index is 2960. The molecule has 0 unspecified atom stereocenters. The molecule has 1 heterocycles. The van der Waals surface area contributed by atoms with Crippen molar-refractivity contribution in [3.05, 3.63) is 174 Å². The van der Waals surface area contributed by atoms with Crippen molar-refractivity contribution in [2.75, 3.05) is 4.90 Å². The molecule has 2 aliphatic rings. The number of fused-ring (bicyclic) bond motifs is 13. The molecule has 0 N–H and O–H groups in total. The topological polar surface area (TPSA) is 16.4 Å². The molecule has 2 aliphatic carbocycles. The lowest BCUT2D eigenvalue weighted by molar-refractivity contribution is 0.658. The van der Waals surface area contributed by atoms with Gasteiger partial charge in [0.25, 0.3) is 0 Å². The average molecular weight is 668 g/mol. The summed E-state index contributed by atoms with van der Waals surface area (Å²) >= 11 is 0. The largest absolute Gasteiger partial charge is 0.456 e. The number of rotatable bonds is 3. The molecule has 0 saturated heterocycles. The fourth-order valence-corrected chi connectivity index (χ4v) is 9.66. The van der Waals surface area contributed by atoms with Crippen molar-refractivity contribution in [1.82, 2.24) is 0 Å². The van der Waals surface area contributed by atoms with Crippen LogP contribution >= 0.6 is 0 Å². The summed E-state index contributed by atoms with van der Waals surface area (Å²) in [6.45, 7) is 9.50. The quantitative estimate of drug-likeness (QED) is 0.186. The maximum absolute atomic E-state index is 6.34. The zero-order valence-electron chi connectivity index (χ0n) is 29.8. The van der Waals surface area contributed by atoms with Crippen LogP contribution in [0.4, 0.5) is 17.1 Å². The van der Waals surface area contributed by atoms with E-state index in [1.54, 1.807) is 0 Å². The molecule has 0 aliphatic heterocycles. The van der Waals surface area contributed by atoms with Crippen LogP contribution in [-0.2, 0) is 10.8 Å². The van der Waals surface area contributed by atoms with Gasteiger partial charge in [-0.05, 0) is 121 Å². The summed E-state index contributed by atoms with van der Waals surface area (Å²) in [5.74, 6) is 0. The van der Waals surface area contributed by atoms with Gasteiger partial charge in [-0.25, -0.2) is 0 Å². The number of benzene rings is 8. The number of hydrogen-bond donors (Lipinski definition) is 0. The summed E-state index contributed by atoms with van der Waals surface area (Å²) < 4.78 is 6.34. The monoisotopic (exact) mass is 667 g/mol. The van der Waals surface area contributed by atoms with E-state index < -0.39 is 0 Å². The molecule has 1 aromatic heterocycles. The summed E-state index contributed by atoms with van der Waals surface area (Å²) in [5, 5.41) is 7.56. The second-order valence-corrected chi connectivity index (χ2v) is 15.7. The minimum absolute atomic E-state index is 0.108. The van der Waals surface area contributed by atoms with E-state index in [-0.39, 0.29) is 10.8 Å². The molecule has 0 bridgehead atoms. The highest BCUT2D eigenvalue weighted by molar-refractivity contribution is 6.09. The molecule has 0 atom stereocenters. The molecule has 2 heteroatoms. The second kappa shape index (κ2) is 10.2. The Labute approximate surface area is 303 Å². The van der Waals surface area contributed by atoms with Crippen LogP contribution in [0.3, 0.4) is 0 Å². The highest BCUT2D eigenvalue weighted by Crippen LogP contribution is 2.55. The lowest BCUT2D eigenvalue weighted by atomic mass is 9.80. The van der Waals surface area contributed by atoms with E-state index in [2.05, 4.69) is 178 Å². The van der Waals surface area contributed by atoms with Crippen LogP contribution in [0.2, 0.25) is 0 Å². The van der Waals surface area contributed by atoms with Crippen LogP contribution in [0, 0.1) is 0 Å². The van der Waals surface area contributed by atoms with E-state index in [1.807, 2.05) is 6.07 Å². The zero-order chi connectivity index (χ0) is 34.9. The van der Waals surface area contributed by atoms with E-state index >= 15 is 0 Å². The van der Waals surface area contributed by atoms with Crippen LogP contribution in [-0.4, -0.2) is 0 Å². The van der Waals surface area contributed by atoms with Crippen LogP contribution in [0.5, 0.6) is 0 Å². The highest BCUT2D eigenvalue weighted by atomic mass is 16.3. The van der Waals surface area contributed by atoms with Gasteiger partial charge in [0.15, 0.2) is 0 Å². The predicted molar refractivity (Wildman–Crippen MR) is 219 cm³/mol. The van der Waals surface area contributed by atoms with Crippen molar-refractivity contribution in [3.63, 3.8) is 0 Å². The molecule has 52 heavy (non-hydrogen) atoms. The Kier molecular flexibility index (Phi) is 5.83. The first kappa shape index (κ1) is 29.6. The van der Waals surface area contributed by atoms with Gasteiger partial charge >= 0.3 is 0 Å². The van der Waals surface area contributed by atoms with Crippen molar-refractivity contribution in [2.45, 2.75) is 38.5 Å². The first-order valence-corrected chi connectivity index (χ1v) is 18.3. The van der Waals surface area contributed by atoms with Crippen LogP contribution in [0.15, 0.2) is 156 Å². The molecule has 0 amide bonds. The second-order valence-electron chi connectivity index (χ2n) is 15.7. The van der Waals surface area contributed by atoms with Crippen LogP contribution < -0.4 is 4.90 Å². The van der Waals surface area contributed by atoms with E-state index in [4.69, 9.17) is 4.42 Å². The van der Waals surface area contributed by atoms with Crippen LogP contribution in [0.1, 0.15) is 49.9 Å². The number of para-hydroxylation sites is 2. The zero-order valence-corrected chi connectivity index (χ0v) is 29.8. The fourth-order valence-electron chi connectivity index (χ4n) is 9.66. The van der Waals surface area contributed by atoms with Gasteiger partial charge in [0.1, 0.15) is 11.2 Å². The summed E-state index contributed by atoms with van der Waals surface area (Å²) in [6.07, 6.45) is 0. The fraction of sp³-hybridized carbons (Fsp3) is 0.120. The molecule has 9 aromatic rings. The molecule has 0 saturated carbocycles. The van der Waals surface area contributed by atoms with Crippen LogP contribution in [0.25, 0.3) is 65.7 Å². The van der Waals surface area contributed by atoms with Crippen molar-refractivity contribution < 1.29 is 4.42 Å². The number of nitrogens with zero attached hydrogens (tertiary/aromatic N) is 1. The molecular formula is C50H37NO. The summed E-state index contributed by atoms with van der Waals surface area (Å²) in [5.41, 5.74) is 15.8. The molecule has 8 aromatic carbocycles. The third-order valence-corrected chi connectivity index (χ3v) is 12.2. The maximum Gasteiger partial charge on any atom is 0.136 e. The lowest BCUT2D eigenvalue weighted by Gasteiger charge is -2.29. The van der Waals surface area contributed by atoms with Gasteiger partial charge in [-0.3, -0.25) is 0 Å². The minimum Gasteiger partial charge on any atom is -0.456 e. The molecule has 248 valence electrons. The maximum atomic E-state index is 6.34. The van der Waals surface area contributed by atoms with Gasteiger partial charge < -0.3 is 9.32 Å². The van der Waals surface area contributed by atoms with E-state index in [1.165, 1.54) is 76.8 Å². The van der Waals surface area contributed by atoms with Gasteiger partial charge in [0, 0.05) is 38.7 Å². The van der Waals surface area contributed by atoms with Crippen molar-refractivity contribution in [2.24, 2.45) is 0 Å². The van der Waals surface area contributed by atoms with Gasteiger partial charge in [-0.1, -0.05) is 125 Å². The Morgan fingerprint density at radius 2 is 1.10 bits per heavy atom. The smallest absolute Gasteiger partial charge is 0.136 e. The Balaban J connectivity index is 1.07. The predicted octanol–water partition coefficient (Wildman–Crippen LogP) is 14.0. The number of anilines is 3. The third-order valence-electron chi connectivity index (χ3n) is 12.2. The van der Waals surface area contributed by atoms with E-state index in [0.717, 1.165) is 28.2 Å². The molecule has 2 nitrogen and oxygen atoms in total. The van der Waals surface area contributed by atoms with E-state index in [0.29, 0.717) is 0 Å². The molecule has 0 fully saturated rings. The first-order chi connectivity index (χ1) is 25.3. The highest BCUT2D eigenvalue weighted by Gasteiger charge is 2.39. The lowest BCUT2D eigenvalue weighted by Crippen LogP contribution is -2.17. The van der Waals surface area contributed by atoms with Crippen molar-refractivity contribution >= 4 is 60.5 Å². The summed E-state index contributed by atoms with van der Waals surface area (Å²) in [7, 11) is 0. The van der Waals surface area contributed by atoms with E-state index in [9.17, 15) is 0 Å². The molecular weight excluding hydrogens is 631 g/mol. The average Bonchev–Trinajstić information content (AvgIpc) is 3.73. The SMILES string of the molecule is CC1(C)c2cc(N(c3ccccc3)c3ccc4c5c(ccc4c3)-c3c(ccc4ccccc34)C5(C)C)ccc2-c2cc3oc4ccccc4c3cc21. The normalized spacial score (nSPS) is 14.8. The van der Waals surface area contributed by atoms with Gasteiger partial charge in [0.05, 0.1) is 0 Å².